The fourth-order valence-corrected chi connectivity index (χ4v) is 3.09. The minimum atomic E-state index is -0.239. The molecular weight excluding hydrogens is 299 g/mol. The molecule has 0 bridgehead atoms. The van der Waals surface area contributed by atoms with E-state index in [0.717, 1.165) is 17.0 Å². The first kappa shape index (κ1) is 14.6. The Kier molecular flexibility index (Phi) is 3.83. The molecule has 0 saturated carbocycles. The first-order valence-corrected chi connectivity index (χ1v) is 8.01. The Morgan fingerprint density at radius 3 is 1.92 bits per heavy atom. The second-order valence-corrected chi connectivity index (χ2v) is 5.87. The summed E-state index contributed by atoms with van der Waals surface area (Å²) >= 11 is 0. The van der Waals surface area contributed by atoms with E-state index >= 15 is 0 Å². The predicted molar refractivity (Wildman–Crippen MR) is 94.4 cm³/mol. The van der Waals surface area contributed by atoms with Gasteiger partial charge in [-0.25, -0.2) is 4.39 Å². The fourth-order valence-electron chi connectivity index (χ4n) is 3.09. The van der Waals surface area contributed by atoms with Gasteiger partial charge in [0.15, 0.2) is 0 Å². The molecule has 3 aromatic carbocycles. The molecule has 0 unspecified atom stereocenters. The number of rotatable bonds is 3. The van der Waals surface area contributed by atoms with Gasteiger partial charge in [0, 0.05) is 5.56 Å². The Balaban J connectivity index is 1.74. The van der Waals surface area contributed by atoms with Crippen molar-refractivity contribution in [3.05, 3.63) is 107 Å². The number of aliphatic imine (C=N–C) groups is 1. The number of nitrogens with zero attached hydrogens (tertiary/aromatic N) is 1. The molecule has 3 aromatic rings. The Labute approximate surface area is 140 Å². The van der Waals surface area contributed by atoms with E-state index < -0.39 is 0 Å². The smallest absolute Gasteiger partial charge is 0.129 e. The third-order valence-corrected chi connectivity index (χ3v) is 4.29. The molecule has 118 valence electrons. The molecule has 2 nitrogen and oxygen atoms in total. The van der Waals surface area contributed by atoms with E-state index in [1.54, 1.807) is 12.1 Å². The maximum absolute atomic E-state index is 13.2. The Morgan fingerprint density at radius 1 is 0.708 bits per heavy atom. The zero-order valence-corrected chi connectivity index (χ0v) is 13.1. The molecule has 4 rings (SSSR count). The zero-order valence-electron chi connectivity index (χ0n) is 13.1. The van der Waals surface area contributed by atoms with Crippen LogP contribution in [0, 0.1) is 5.82 Å². The van der Waals surface area contributed by atoms with Crippen LogP contribution in [-0.2, 0) is 0 Å². The molecular formula is C21H17FN2. The van der Waals surface area contributed by atoms with Gasteiger partial charge in [0.2, 0.25) is 0 Å². The lowest BCUT2D eigenvalue weighted by molar-refractivity contribution is 0.572. The highest BCUT2D eigenvalue weighted by molar-refractivity contribution is 6.00. The molecule has 0 aromatic heterocycles. The van der Waals surface area contributed by atoms with Crippen molar-refractivity contribution < 1.29 is 4.39 Å². The van der Waals surface area contributed by atoms with E-state index in [4.69, 9.17) is 4.99 Å². The number of halogens is 1. The van der Waals surface area contributed by atoms with Crippen LogP contribution < -0.4 is 5.32 Å². The monoisotopic (exact) mass is 316 g/mol. The van der Waals surface area contributed by atoms with Crippen LogP contribution in [0.25, 0.3) is 0 Å². The number of hydrogen-bond acceptors (Lipinski definition) is 2. The van der Waals surface area contributed by atoms with Crippen LogP contribution in [0.3, 0.4) is 0 Å². The molecule has 0 amide bonds. The fraction of sp³-hybridized carbons (Fsp3) is 0.0952. The van der Waals surface area contributed by atoms with E-state index in [-0.39, 0.29) is 17.9 Å². The molecule has 1 aliphatic rings. The first-order valence-electron chi connectivity index (χ1n) is 8.01. The summed E-state index contributed by atoms with van der Waals surface area (Å²) in [5.74, 6) is 0.564. The molecule has 3 heteroatoms. The number of amidine groups is 1. The van der Waals surface area contributed by atoms with Crippen LogP contribution in [0.4, 0.5) is 4.39 Å². The van der Waals surface area contributed by atoms with Gasteiger partial charge in [0.05, 0.1) is 6.04 Å². The quantitative estimate of drug-likeness (QED) is 0.747. The van der Waals surface area contributed by atoms with Gasteiger partial charge in [-0.3, -0.25) is 4.99 Å². The molecule has 0 aliphatic carbocycles. The molecule has 1 heterocycles. The molecule has 0 fully saturated rings. The summed E-state index contributed by atoms with van der Waals surface area (Å²) < 4.78 is 13.2. The van der Waals surface area contributed by atoms with Crippen molar-refractivity contribution in [2.75, 3.05) is 0 Å². The number of hydrogen-bond donors (Lipinski definition) is 1. The highest BCUT2D eigenvalue weighted by Crippen LogP contribution is 2.36. The van der Waals surface area contributed by atoms with Gasteiger partial charge in [0.25, 0.3) is 0 Å². The van der Waals surface area contributed by atoms with Gasteiger partial charge in [0.1, 0.15) is 17.7 Å². The van der Waals surface area contributed by atoms with E-state index in [0.29, 0.717) is 0 Å². The first-order chi connectivity index (χ1) is 11.8. The van der Waals surface area contributed by atoms with Gasteiger partial charge >= 0.3 is 0 Å². The lowest BCUT2D eigenvalue weighted by atomic mass is 9.95. The van der Waals surface area contributed by atoms with Gasteiger partial charge in [-0.15, -0.1) is 0 Å². The Morgan fingerprint density at radius 2 is 1.29 bits per heavy atom. The Bertz CT molecular complexity index is 842. The highest BCUT2D eigenvalue weighted by atomic mass is 19.1. The van der Waals surface area contributed by atoms with Gasteiger partial charge in [-0.1, -0.05) is 60.7 Å². The molecule has 1 aliphatic heterocycles. The molecule has 0 spiro atoms. The topological polar surface area (TPSA) is 24.4 Å². The second kappa shape index (κ2) is 6.28. The van der Waals surface area contributed by atoms with Crippen molar-refractivity contribution in [2.45, 2.75) is 12.1 Å². The predicted octanol–water partition coefficient (Wildman–Crippen LogP) is 4.66. The van der Waals surface area contributed by atoms with Crippen molar-refractivity contribution in [1.29, 1.82) is 0 Å². The summed E-state index contributed by atoms with van der Waals surface area (Å²) in [7, 11) is 0. The third kappa shape index (κ3) is 2.81. The molecule has 2 atom stereocenters. The average Bonchev–Trinajstić information content (AvgIpc) is 3.09. The average molecular weight is 316 g/mol. The van der Waals surface area contributed by atoms with Crippen molar-refractivity contribution in [3.8, 4) is 0 Å². The van der Waals surface area contributed by atoms with Gasteiger partial charge < -0.3 is 5.32 Å². The standard InChI is InChI=1S/C21H17FN2/c22-18-13-11-17(12-14-18)21-23-19(15-7-3-1-4-8-15)20(24-21)16-9-5-2-6-10-16/h1-14,19-20H,(H,23,24)/t19-,20-/m1/s1. The van der Waals surface area contributed by atoms with Crippen LogP contribution in [0.5, 0.6) is 0 Å². The van der Waals surface area contributed by atoms with Gasteiger partial charge in [-0.05, 0) is 35.4 Å². The molecule has 24 heavy (non-hydrogen) atoms. The summed E-state index contributed by atoms with van der Waals surface area (Å²) in [6.07, 6.45) is 0. The van der Waals surface area contributed by atoms with E-state index in [1.165, 1.54) is 17.7 Å². The summed E-state index contributed by atoms with van der Waals surface area (Å²) in [5.41, 5.74) is 3.25. The zero-order chi connectivity index (χ0) is 16.4. The summed E-state index contributed by atoms with van der Waals surface area (Å²) in [4.78, 5) is 4.90. The molecule has 0 radical (unpaired) electrons. The summed E-state index contributed by atoms with van der Waals surface area (Å²) in [5, 5.41) is 3.52. The largest absolute Gasteiger partial charge is 0.361 e. The van der Waals surface area contributed by atoms with E-state index in [1.807, 2.05) is 36.4 Å². The van der Waals surface area contributed by atoms with Gasteiger partial charge in [-0.2, -0.15) is 0 Å². The van der Waals surface area contributed by atoms with Crippen LogP contribution in [0.15, 0.2) is 89.9 Å². The molecule has 0 saturated heterocycles. The lowest BCUT2D eigenvalue weighted by Crippen LogP contribution is -2.25. The van der Waals surface area contributed by atoms with Crippen molar-refractivity contribution in [3.63, 3.8) is 0 Å². The maximum atomic E-state index is 13.2. The van der Waals surface area contributed by atoms with Crippen LogP contribution in [-0.4, -0.2) is 5.84 Å². The highest BCUT2D eigenvalue weighted by Gasteiger charge is 2.31. The van der Waals surface area contributed by atoms with Crippen LogP contribution in [0.2, 0.25) is 0 Å². The SMILES string of the molecule is Fc1ccc(C2=N[C@H](c3ccccc3)[C@@H](c3ccccc3)N2)cc1. The minimum Gasteiger partial charge on any atom is -0.361 e. The van der Waals surface area contributed by atoms with E-state index in [2.05, 4.69) is 29.6 Å². The van der Waals surface area contributed by atoms with Crippen molar-refractivity contribution in [2.24, 2.45) is 4.99 Å². The molecule has 1 N–H and O–H groups in total. The number of nitrogens with one attached hydrogen (secondary N) is 1. The lowest BCUT2D eigenvalue weighted by Gasteiger charge is -2.19. The maximum Gasteiger partial charge on any atom is 0.129 e. The van der Waals surface area contributed by atoms with Crippen LogP contribution in [0.1, 0.15) is 28.8 Å². The normalized spacial score (nSPS) is 19.6. The van der Waals surface area contributed by atoms with E-state index in [9.17, 15) is 4.39 Å². The Hall–Kier alpha value is -2.94. The van der Waals surface area contributed by atoms with Crippen molar-refractivity contribution in [1.82, 2.24) is 5.32 Å². The third-order valence-electron chi connectivity index (χ3n) is 4.29. The second-order valence-electron chi connectivity index (χ2n) is 5.87. The minimum absolute atomic E-state index is 0.00588. The summed E-state index contributed by atoms with van der Waals surface area (Å²) in [6.45, 7) is 0. The van der Waals surface area contributed by atoms with Crippen molar-refractivity contribution >= 4 is 5.84 Å². The number of benzene rings is 3. The summed E-state index contributed by atoms with van der Waals surface area (Å²) in [6, 6.07) is 27.1. The van der Waals surface area contributed by atoms with Crippen LogP contribution >= 0.6 is 0 Å².